The number of nitrogens with two attached hydrogens (primary N) is 1. The van der Waals surface area contributed by atoms with Crippen LogP contribution in [0.15, 0.2) is 0 Å². The van der Waals surface area contributed by atoms with Crippen molar-refractivity contribution in [2.24, 2.45) is 11.7 Å². The van der Waals surface area contributed by atoms with E-state index in [0.29, 0.717) is 24.9 Å². The minimum absolute atomic E-state index is 0.150. The normalized spacial score (nSPS) is 22.5. The monoisotopic (exact) mass is 269 g/mol. The molecule has 0 aromatic carbocycles. The molecule has 5 nitrogen and oxygen atoms in total. The summed E-state index contributed by atoms with van der Waals surface area (Å²) in [6.07, 6.45) is 5.03. The number of hydrogen-bond donors (Lipinski definition) is 2. The predicted molar refractivity (Wildman–Crippen MR) is 74.8 cm³/mol. The van der Waals surface area contributed by atoms with Crippen LogP contribution in [0.4, 0.5) is 0 Å². The van der Waals surface area contributed by atoms with Crippen LogP contribution in [0.2, 0.25) is 0 Å². The van der Waals surface area contributed by atoms with E-state index in [4.69, 9.17) is 10.5 Å². The number of nitrogens with one attached hydrogen (secondary N) is 1. The molecule has 2 fully saturated rings. The van der Waals surface area contributed by atoms with Gasteiger partial charge in [0, 0.05) is 44.8 Å². The van der Waals surface area contributed by atoms with Gasteiger partial charge in [0.25, 0.3) is 0 Å². The van der Waals surface area contributed by atoms with Gasteiger partial charge in [0.1, 0.15) is 0 Å². The Labute approximate surface area is 115 Å². The molecule has 0 aromatic rings. The third-order valence-electron chi connectivity index (χ3n) is 4.15. The highest BCUT2D eigenvalue weighted by Crippen LogP contribution is 2.20. The fourth-order valence-corrected chi connectivity index (χ4v) is 2.63. The Kier molecular flexibility index (Phi) is 5.60. The van der Waals surface area contributed by atoms with E-state index >= 15 is 0 Å². The number of likely N-dealkylation sites (N-methyl/N-ethyl adjacent to an activating group) is 1. The van der Waals surface area contributed by atoms with Crippen molar-refractivity contribution >= 4 is 5.91 Å². The summed E-state index contributed by atoms with van der Waals surface area (Å²) in [5, 5.41) is 3.04. The van der Waals surface area contributed by atoms with Crippen LogP contribution >= 0.6 is 0 Å². The lowest BCUT2D eigenvalue weighted by Crippen LogP contribution is -2.44. The third kappa shape index (κ3) is 5.09. The Morgan fingerprint density at radius 3 is 2.63 bits per heavy atom. The minimum atomic E-state index is 0.150. The van der Waals surface area contributed by atoms with Gasteiger partial charge in [-0.25, -0.2) is 0 Å². The van der Waals surface area contributed by atoms with E-state index in [9.17, 15) is 4.79 Å². The zero-order valence-electron chi connectivity index (χ0n) is 11.9. The number of rotatable bonds is 7. The summed E-state index contributed by atoms with van der Waals surface area (Å²) < 4.78 is 5.38. The first-order valence-corrected chi connectivity index (χ1v) is 7.46. The molecule has 1 aliphatic heterocycles. The average Bonchev–Trinajstić information content (AvgIpc) is 3.21. The van der Waals surface area contributed by atoms with Crippen molar-refractivity contribution in [1.29, 1.82) is 0 Å². The smallest absolute Gasteiger partial charge is 0.221 e. The third-order valence-corrected chi connectivity index (χ3v) is 4.15. The van der Waals surface area contributed by atoms with Crippen LogP contribution in [-0.4, -0.2) is 56.2 Å². The van der Waals surface area contributed by atoms with E-state index in [2.05, 4.69) is 17.3 Å². The average molecular weight is 269 g/mol. The Hall–Kier alpha value is -0.650. The highest BCUT2D eigenvalue weighted by molar-refractivity contribution is 5.77. The van der Waals surface area contributed by atoms with Gasteiger partial charge in [-0.2, -0.15) is 0 Å². The molecule has 1 amide bonds. The van der Waals surface area contributed by atoms with Crippen molar-refractivity contribution in [2.75, 3.05) is 33.4 Å². The molecule has 5 heteroatoms. The molecule has 0 radical (unpaired) electrons. The molecule has 110 valence electrons. The molecule has 3 N–H and O–H groups in total. The number of carbonyl (C=O) groups excluding carboxylic acids is 1. The van der Waals surface area contributed by atoms with Gasteiger partial charge < -0.3 is 20.7 Å². The number of carbonyl (C=O) groups is 1. The number of ether oxygens (including phenoxy) is 1. The van der Waals surface area contributed by atoms with Gasteiger partial charge in [-0.3, -0.25) is 4.79 Å². The van der Waals surface area contributed by atoms with Crippen molar-refractivity contribution in [3.05, 3.63) is 0 Å². The predicted octanol–water partition coefficient (Wildman–Crippen LogP) is 0.341. The van der Waals surface area contributed by atoms with Crippen LogP contribution in [-0.2, 0) is 9.53 Å². The van der Waals surface area contributed by atoms with Crippen LogP contribution in [0.1, 0.15) is 32.1 Å². The SMILES string of the molecule is CN(CC1CCOCC1)C(CN)CC(=O)NC1CC1. The van der Waals surface area contributed by atoms with Crippen LogP contribution in [0.25, 0.3) is 0 Å². The summed E-state index contributed by atoms with van der Waals surface area (Å²) in [7, 11) is 2.08. The Balaban J connectivity index is 1.72. The molecule has 2 rings (SSSR count). The maximum Gasteiger partial charge on any atom is 0.221 e. The Morgan fingerprint density at radius 2 is 2.05 bits per heavy atom. The van der Waals surface area contributed by atoms with Gasteiger partial charge in [-0.15, -0.1) is 0 Å². The zero-order valence-corrected chi connectivity index (χ0v) is 11.9. The van der Waals surface area contributed by atoms with E-state index in [0.717, 1.165) is 45.4 Å². The largest absolute Gasteiger partial charge is 0.381 e. The second kappa shape index (κ2) is 7.22. The van der Waals surface area contributed by atoms with Crippen LogP contribution in [0.3, 0.4) is 0 Å². The van der Waals surface area contributed by atoms with E-state index < -0.39 is 0 Å². The molecule has 1 atom stereocenters. The minimum Gasteiger partial charge on any atom is -0.381 e. The lowest BCUT2D eigenvalue weighted by Gasteiger charge is -2.32. The molecule has 1 saturated heterocycles. The Morgan fingerprint density at radius 1 is 1.37 bits per heavy atom. The molecule has 2 aliphatic rings. The molecule has 0 aromatic heterocycles. The molecule has 0 spiro atoms. The number of hydrogen-bond acceptors (Lipinski definition) is 4. The molecule has 19 heavy (non-hydrogen) atoms. The van der Waals surface area contributed by atoms with Crippen molar-refractivity contribution in [3.8, 4) is 0 Å². The summed E-state index contributed by atoms with van der Waals surface area (Å²) >= 11 is 0. The zero-order chi connectivity index (χ0) is 13.7. The molecule has 1 heterocycles. The summed E-state index contributed by atoms with van der Waals surface area (Å²) in [5.74, 6) is 0.830. The highest BCUT2D eigenvalue weighted by atomic mass is 16.5. The highest BCUT2D eigenvalue weighted by Gasteiger charge is 2.26. The fraction of sp³-hybridized carbons (Fsp3) is 0.929. The number of nitrogens with zero attached hydrogens (tertiary/aromatic N) is 1. The second-order valence-electron chi connectivity index (χ2n) is 5.93. The quantitative estimate of drug-likeness (QED) is 0.699. The lowest BCUT2D eigenvalue weighted by atomic mass is 9.99. The topological polar surface area (TPSA) is 67.6 Å². The first kappa shape index (κ1) is 14.8. The molecule has 1 saturated carbocycles. The second-order valence-corrected chi connectivity index (χ2v) is 5.93. The van der Waals surface area contributed by atoms with Crippen LogP contribution in [0.5, 0.6) is 0 Å². The van der Waals surface area contributed by atoms with Gasteiger partial charge in [0.2, 0.25) is 5.91 Å². The first-order valence-electron chi connectivity index (χ1n) is 7.46. The summed E-state index contributed by atoms with van der Waals surface area (Å²) in [6.45, 7) is 3.29. The van der Waals surface area contributed by atoms with Crippen LogP contribution < -0.4 is 11.1 Å². The summed E-state index contributed by atoms with van der Waals surface area (Å²) in [4.78, 5) is 14.1. The standard InChI is InChI=1S/C14H27N3O2/c1-17(10-11-4-6-19-7-5-11)13(9-15)8-14(18)16-12-2-3-12/h11-13H,2-10,15H2,1H3,(H,16,18). The molecule has 0 bridgehead atoms. The fourth-order valence-electron chi connectivity index (χ4n) is 2.63. The van der Waals surface area contributed by atoms with Gasteiger partial charge in [0.15, 0.2) is 0 Å². The lowest BCUT2D eigenvalue weighted by molar-refractivity contribution is -0.122. The van der Waals surface area contributed by atoms with Gasteiger partial charge in [-0.1, -0.05) is 0 Å². The molecule has 1 aliphatic carbocycles. The van der Waals surface area contributed by atoms with Crippen molar-refractivity contribution in [1.82, 2.24) is 10.2 Å². The van der Waals surface area contributed by atoms with E-state index in [-0.39, 0.29) is 11.9 Å². The number of amides is 1. The van der Waals surface area contributed by atoms with Crippen molar-refractivity contribution in [2.45, 2.75) is 44.2 Å². The van der Waals surface area contributed by atoms with Crippen molar-refractivity contribution in [3.63, 3.8) is 0 Å². The maximum absolute atomic E-state index is 11.8. The van der Waals surface area contributed by atoms with Gasteiger partial charge in [0.05, 0.1) is 0 Å². The van der Waals surface area contributed by atoms with Crippen LogP contribution in [0, 0.1) is 5.92 Å². The van der Waals surface area contributed by atoms with Crippen molar-refractivity contribution < 1.29 is 9.53 Å². The van der Waals surface area contributed by atoms with E-state index in [1.165, 1.54) is 0 Å². The molecule has 1 unspecified atom stereocenters. The van der Waals surface area contributed by atoms with Gasteiger partial charge >= 0.3 is 0 Å². The maximum atomic E-state index is 11.8. The van der Waals surface area contributed by atoms with E-state index in [1.54, 1.807) is 0 Å². The molecular weight excluding hydrogens is 242 g/mol. The first-order chi connectivity index (χ1) is 9.19. The van der Waals surface area contributed by atoms with E-state index in [1.807, 2.05) is 0 Å². The van der Waals surface area contributed by atoms with Gasteiger partial charge in [-0.05, 0) is 38.6 Å². The molecular formula is C14H27N3O2. The Bertz CT molecular complexity index is 288. The summed E-state index contributed by atoms with van der Waals surface area (Å²) in [6, 6.07) is 0.591. The summed E-state index contributed by atoms with van der Waals surface area (Å²) in [5.41, 5.74) is 5.83.